The summed E-state index contributed by atoms with van der Waals surface area (Å²) in [5.74, 6) is 0.928. The fourth-order valence-corrected chi connectivity index (χ4v) is 3.14. The predicted octanol–water partition coefficient (Wildman–Crippen LogP) is 1.55. The lowest BCUT2D eigenvalue weighted by molar-refractivity contribution is -0.139. The van der Waals surface area contributed by atoms with Crippen LogP contribution in [0.25, 0.3) is 0 Å². The normalized spacial score (nSPS) is 14.6. The maximum Gasteiger partial charge on any atom is 0.226 e. The van der Waals surface area contributed by atoms with Crippen LogP contribution < -0.4 is 10.5 Å². The van der Waals surface area contributed by atoms with E-state index in [9.17, 15) is 9.59 Å². The Morgan fingerprint density at radius 2 is 1.71 bits per heavy atom. The van der Waals surface area contributed by atoms with Gasteiger partial charge in [-0.05, 0) is 30.7 Å². The number of carbonyl (C=O) groups is 2. The van der Waals surface area contributed by atoms with Gasteiger partial charge in [0.1, 0.15) is 5.75 Å². The molecule has 2 amide bonds. The molecule has 0 unspecified atom stereocenters. The maximum atomic E-state index is 12.2. The molecule has 0 radical (unpaired) electrons. The van der Waals surface area contributed by atoms with Gasteiger partial charge in [0.05, 0.1) is 13.0 Å². The zero-order valence-corrected chi connectivity index (χ0v) is 15.5. The molecule has 2 N–H and O–H groups in total. The zero-order valence-electron chi connectivity index (χ0n) is 14.0. The van der Waals surface area contributed by atoms with Crippen molar-refractivity contribution in [1.82, 2.24) is 9.80 Å². The number of nitrogens with two attached hydrogens (primary N) is 1. The van der Waals surface area contributed by atoms with Gasteiger partial charge < -0.3 is 20.3 Å². The van der Waals surface area contributed by atoms with E-state index in [4.69, 9.17) is 10.5 Å². The van der Waals surface area contributed by atoms with Gasteiger partial charge in [0.2, 0.25) is 11.8 Å². The lowest BCUT2D eigenvalue weighted by Gasteiger charge is -2.34. The molecule has 0 aromatic heterocycles. The number of aryl methyl sites for hydroxylation is 1. The number of amides is 2. The number of rotatable bonds is 6. The van der Waals surface area contributed by atoms with Crippen molar-refractivity contribution in [2.75, 3.05) is 39.3 Å². The summed E-state index contributed by atoms with van der Waals surface area (Å²) in [5.41, 5.74) is 6.44. The van der Waals surface area contributed by atoms with Gasteiger partial charge in [0.25, 0.3) is 0 Å². The molecule has 1 aromatic carbocycles. The summed E-state index contributed by atoms with van der Waals surface area (Å²) in [6.45, 7) is 5.01. The van der Waals surface area contributed by atoms with E-state index in [1.54, 1.807) is 9.80 Å². The van der Waals surface area contributed by atoms with Crippen molar-refractivity contribution >= 4 is 27.7 Å². The van der Waals surface area contributed by atoms with Crippen LogP contribution in [0.1, 0.15) is 18.4 Å². The molecule has 0 aliphatic carbocycles. The topological polar surface area (TPSA) is 75.9 Å². The standard InChI is InChI=1S/C17H24BrN3O3/c1-13-12-14(18)2-3-15(13)24-11-5-17(23)21-9-7-20(8-10-21)16(22)4-6-19/h2-3,12H,4-11,19H2,1H3. The third-order valence-electron chi connectivity index (χ3n) is 4.05. The molecule has 7 heteroatoms. The Labute approximate surface area is 151 Å². The number of hydrogen-bond acceptors (Lipinski definition) is 4. The van der Waals surface area contributed by atoms with Crippen LogP contribution in [0.5, 0.6) is 5.75 Å². The fraction of sp³-hybridized carbons (Fsp3) is 0.529. The third-order valence-corrected chi connectivity index (χ3v) is 4.55. The molecular weight excluding hydrogens is 374 g/mol. The Kier molecular flexibility index (Phi) is 7.05. The van der Waals surface area contributed by atoms with Crippen molar-refractivity contribution in [1.29, 1.82) is 0 Å². The van der Waals surface area contributed by atoms with Gasteiger partial charge in [0, 0.05) is 43.6 Å². The first-order valence-corrected chi connectivity index (χ1v) is 8.95. The molecule has 6 nitrogen and oxygen atoms in total. The minimum absolute atomic E-state index is 0.0655. The molecule has 1 aliphatic heterocycles. The molecule has 1 heterocycles. The molecule has 0 atom stereocenters. The van der Waals surface area contributed by atoms with E-state index in [-0.39, 0.29) is 11.8 Å². The first-order valence-electron chi connectivity index (χ1n) is 8.16. The van der Waals surface area contributed by atoms with Crippen LogP contribution in [-0.2, 0) is 9.59 Å². The first-order chi connectivity index (χ1) is 11.5. The summed E-state index contributed by atoms with van der Waals surface area (Å²) >= 11 is 3.41. The average Bonchev–Trinajstić information content (AvgIpc) is 2.57. The Morgan fingerprint density at radius 3 is 2.25 bits per heavy atom. The van der Waals surface area contributed by atoms with E-state index in [0.717, 1.165) is 15.8 Å². The number of piperazine rings is 1. The highest BCUT2D eigenvalue weighted by Gasteiger charge is 2.23. The SMILES string of the molecule is Cc1cc(Br)ccc1OCCC(=O)N1CCN(C(=O)CCN)CC1. The summed E-state index contributed by atoms with van der Waals surface area (Å²) in [6, 6.07) is 5.79. The van der Waals surface area contributed by atoms with Crippen molar-refractivity contribution < 1.29 is 14.3 Å². The molecule has 0 bridgehead atoms. The van der Waals surface area contributed by atoms with Gasteiger partial charge in [-0.2, -0.15) is 0 Å². The third kappa shape index (κ3) is 5.21. The van der Waals surface area contributed by atoms with Crippen LogP contribution in [0.4, 0.5) is 0 Å². The molecule has 24 heavy (non-hydrogen) atoms. The number of nitrogens with zero attached hydrogens (tertiary/aromatic N) is 2. The molecular formula is C17H24BrN3O3. The smallest absolute Gasteiger partial charge is 0.226 e. The molecule has 132 valence electrons. The summed E-state index contributed by atoms with van der Waals surface area (Å²) in [7, 11) is 0. The molecule has 1 aliphatic rings. The molecule has 1 fully saturated rings. The summed E-state index contributed by atoms with van der Waals surface area (Å²) in [4.78, 5) is 27.6. The zero-order chi connectivity index (χ0) is 17.5. The Hall–Kier alpha value is -1.60. The number of ether oxygens (including phenoxy) is 1. The minimum Gasteiger partial charge on any atom is -0.493 e. The average molecular weight is 398 g/mol. The predicted molar refractivity (Wildman–Crippen MR) is 95.8 cm³/mol. The van der Waals surface area contributed by atoms with E-state index in [0.29, 0.717) is 52.2 Å². The van der Waals surface area contributed by atoms with Crippen molar-refractivity contribution in [2.24, 2.45) is 5.73 Å². The second-order valence-electron chi connectivity index (χ2n) is 5.81. The van der Waals surface area contributed by atoms with Crippen molar-refractivity contribution in [3.8, 4) is 5.75 Å². The Balaban J connectivity index is 1.73. The number of hydrogen-bond donors (Lipinski definition) is 1. The summed E-state index contributed by atoms with van der Waals surface area (Å²) in [5, 5.41) is 0. The molecule has 2 rings (SSSR count). The highest BCUT2D eigenvalue weighted by Crippen LogP contribution is 2.22. The quantitative estimate of drug-likeness (QED) is 0.789. The van der Waals surface area contributed by atoms with Gasteiger partial charge in [0.15, 0.2) is 0 Å². The van der Waals surface area contributed by atoms with Crippen LogP contribution in [-0.4, -0.2) is 60.9 Å². The minimum atomic E-state index is 0.0655. The maximum absolute atomic E-state index is 12.2. The van der Waals surface area contributed by atoms with Gasteiger partial charge in [-0.1, -0.05) is 15.9 Å². The Bertz CT molecular complexity index is 586. The van der Waals surface area contributed by atoms with Crippen molar-refractivity contribution in [3.63, 3.8) is 0 Å². The van der Waals surface area contributed by atoms with E-state index >= 15 is 0 Å². The van der Waals surface area contributed by atoms with Gasteiger partial charge in [-0.15, -0.1) is 0 Å². The Morgan fingerprint density at radius 1 is 1.12 bits per heavy atom. The summed E-state index contributed by atoms with van der Waals surface area (Å²) in [6.07, 6.45) is 0.709. The fourth-order valence-electron chi connectivity index (χ4n) is 2.67. The van der Waals surface area contributed by atoms with Crippen LogP contribution in [0.2, 0.25) is 0 Å². The molecule has 1 saturated heterocycles. The number of carbonyl (C=O) groups excluding carboxylic acids is 2. The largest absolute Gasteiger partial charge is 0.493 e. The lowest BCUT2D eigenvalue weighted by Crippen LogP contribution is -2.51. The first kappa shape index (κ1) is 18.7. The van der Waals surface area contributed by atoms with Crippen molar-refractivity contribution in [3.05, 3.63) is 28.2 Å². The molecule has 0 saturated carbocycles. The second kappa shape index (κ2) is 9.03. The van der Waals surface area contributed by atoms with Crippen LogP contribution >= 0.6 is 15.9 Å². The number of halogens is 1. The van der Waals surface area contributed by atoms with Gasteiger partial charge >= 0.3 is 0 Å². The van der Waals surface area contributed by atoms with E-state index < -0.39 is 0 Å². The van der Waals surface area contributed by atoms with E-state index in [1.165, 1.54) is 0 Å². The number of benzene rings is 1. The summed E-state index contributed by atoms with van der Waals surface area (Å²) < 4.78 is 6.70. The van der Waals surface area contributed by atoms with Gasteiger partial charge in [-0.25, -0.2) is 0 Å². The highest BCUT2D eigenvalue weighted by atomic mass is 79.9. The lowest BCUT2D eigenvalue weighted by atomic mass is 10.2. The highest BCUT2D eigenvalue weighted by molar-refractivity contribution is 9.10. The molecule has 0 spiro atoms. The monoisotopic (exact) mass is 397 g/mol. The molecule has 1 aromatic rings. The van der Waals surface area contributed by atoms with Gasteiger partial charge in [-0.3, -0.25) is 9.59 Å². The van der Waals surface area contributed by atoms with E-state index in [2.05, 4.69) is 15.9 Å². The van der Waals surface area contributed by atoms with Crippen molar-refractivity contribution in [2.45, 2.75) is 19.8 Å². The van der Waals surface area contributed by atoms with Crippen LogP contribution in [0.3, 0.4) is 0 Å². The van der Waals surface area contributed by atoms with Crippen LogP contribution in [0, 0.1) is 6.92 Å². The second-order valence-corrected chi connectivity index (χ2v) is 6.72. The van der Waals surface area contributed by atoms with E-state index in [1.807, 2.05) is 25.1 Å². The van der Waals surface area contributed by atoms with Crippen LogP contribution in [0.15, 0.2) is 22.7 Å².